The van der Waals surface area contributed by atoms with E-state index in [1.807, 2.05) is 28.8 Å². The van der Waals surface area contributed by atoms with E-state index in [-0.39, 0.29) is 17.1 Å². The van der Waals surface area contributed by atoms with E-state index in [9.17, 15) is 14.4 Å². The summed E-state index contributed by atoms with van der Waals surface area (Å²) in [5, 5.41) is 0.643. The van der Waals surface area contributed by atoms with Crippen molar-refractivity contribution in [2.75, 3.05) is 11.5 Å². The molecule has 1 aromatic carbocycles. The van der Waals surface area contributed by atoms with E-state index in [4.69, 9.17) is 5.73 Å². The number of rotatable bonds is 6. The largest absolute Gasteiger partial charge is 0.384 e. The average Bonchev–Trinajstić information content (AvgIpc) is 3.01. The minimum atomic E-state index is -0.694. The number of carbonyl (C=O) groups is 1. The Hall–Kier alpha value is -3.07. The summed E-state index contributed by atoms with van der Waals surface area (Å²) in [6.07, 6.45) is 1.75. The van der Waals surface area contributed by atoms with Gasteiger partial charge in [-0.1, -0.05) is 30.0 Å². The molecular weight excluding hydrogens is 366 g/mol. The number of hydrogen-bond acceptors (Lipinski definition) is 6. The fraction of sp³-hybridized carbons (Fsp3) is 0.222. The monoisotopic (exact) mass is 385 g/mol. The second-order valence-electron chi connectivity index (χ2n) is 5.96. The quantitative estimate of drug-likeness (QED) is 0.388. The molecule has 0 aliphatic rings. The van der Waals surface area contributed by atoms with Gasteiger partial charge in [0.25, 0.3) is 5.56 Å². The predicted octanol–water partition coefficient (Wildman–Crippen LogP) is 1.18. The molecule has 27 heavy (non-hydrogen) atoms. The van der Waals surface area contributed by atoms with Gasteiger partial charge in [-0.25, -0.2) is 9.78 Å². The zero-order valence-electron chi connectivity index (χ0n) is 15.0. The number of fused-ring (bicyclic) bond motifs is 1. The molecule has 0 spiro atoms. The van der Waals surface area contributed by atoms with Crippen molar-refractivity contribution in [3.8, 4) is 0 Å². The van der Waals surface area contributed by atoms with E-state index in [2.05, 4.69) is 11.6 Å². The van der Waals surface area contributed by atoms with E-state index >= 15 is 0 Å². The summed E-state index contributed by atoms with van der Waals surface area (Å²) in [6.45, 7) is 4.30. The van der Waals surface area contributed by atoms with Gasteiger partial charge in [0.2, 0.25) is 0 Å². The van der Waals surface area contributed by atoms with Gasteiger partial charge in [0, 0.05) is 20.6 Å². The van der Waals surface area contributed by atoms with E-state index in [1.165, 1.54) is 25.9 Å². The fourth-order valence-corrected chi connectivity index (χ4v) is 3.69. The third-order valence-electron chi connectivity index (χ3n) is 4.25. The van der Waals surface area contributed by atoms with Gasteiger partial charge in [0.05, 0.1) is 16.8 Å². The average molecular weight is 385 g/mol. The van der Waals surface area contributed by atoms with E-state index in [1.54, 1.807) is 6.08 Å². The van der Waals surface area contributed by atoms with E-state index < -0.39 is 17.0 Å². The van der Waals surface area contributed by atoms with Crippen LogP contribution in [-0.4, -0.2) is 30.2 Å². The molecule has 0 fully saturated rings. The highest BCUT2D eigenvalue weighted by atomic mass is 32.2. The standard InChI is InChI=1S/C18H19N5O3S/c1-4-9-23-12-8-6-5-7-11(12)20-17(23)27-10-13(24)14-15(19)21(2)18(26)22(3)16(14)25/h4-8H,1,9-10,19H2,2-3H3. The third kappa shape index (κ3) is 3.21. The summed E-state index contributed by atoms with van der Waals surface area (Å²) in [5.41, 5.74) is 6.14. The first-order valence-corrected chi connectivity index (χ1v) is 9.13. The SMILES string of the molecule is C=CCn1c(SCC(=O)c2c(N)n(C)c(=O)n(C)c2=O)nc2ccccc21. The Balaban J connectivity index is 1.95. The number of allylic oxidation sites excluding steroid dienone is 1. The number of thioether (sulfide) groups is 1. The van der Waals surface area contributed by atoms with Gasteiger partial charge in [0.15, 0.2) is 10.9 Å². The number of nitrogens with two attached hydrogens (primary N) is 1. The van der Waals surface area contributed by atoms with Crippen molar-refractivity contribution < 1.29 is 4.79 Å². The van der Waals surface area contributed by atoms with Crippen molar-refractivity contribution in [2.45, 2.75) is 11.7 Å². The van der Waals surface area contributed by atoms with Crippen molar-refractivity contribution in [1.29, 1.82) is 0 Å². The highest BCUT2D eigenvalue weighted by molar-refractivity contribution is 7.99. The number of carbonyl (C=O) groups excluding carboxylic acids is 1. The number of nitrogens with zero attached hydrogens (tertiary/aromatic N) is 4. The summed E-state index contributed by atoms with van der Waals surface area (Å²) in [6, 6.07) is 7.64. The summed E-state index contributed by atoms with van der Waals surface area (Å²) < 4.78 is 3.91. The van der Waals surface area contributed by atoms with Crippen LogP contribution in [0.25, 0.3) is 11.0 Å². The lowest BCUT2D eigenvalue weighted by Gasteiger charge is -2.11. The minimum absolute atomic E-state index is 0.0297. The Kier molecular flexibility index (Phi) is 5.04. The lowest BCUT2D eigenvalue weighted by molar-refractivity contribution is 0.102. The molecule has 0 saturated heterocycles. The van der Waals surface area contributed by atoms with Crippen LogP contribution in [0.5, 0.6) is 0 Å². The van der Waals surface area contributed by atoms with Crippen molar-refractivity contribution in [1.82, 2.24) is 18.7 Å². The van der Waals surface area contributed by atoms with Crippen molar-refractivity contribution in [2.24, 2.45) is 14.1 Å². The zero-order valence-corrected chi connectivity index (χ0v) is 15.8. The number of imidazole rings is 1. The number of para-hydroxylation sites is 2. The normalized spacial score (nSPS) is 11.0. The van der Waals surface area contributed by atoms with Gasteiger partial charge in [0.1, 0.15) is 11.4 Å². The molecule has 0 bridgehead atoms. The lowest BCUT2D eigenvalue weighted by Crippen LogP contribution is -2.41. The molecule has 3 rings (SSSR count). The van der Waals surface area contributed by atoms with Crippen LogP contribution < -0.4 is 17.0 Å². The Morgan fingerprint density at radius 2 is 1.96 bits per heavy atom. The maximum absolute atomic E-state index is 12.7. The van der Waals surface area contributed by atoms with Crippen LogP contribution in [0, 0.1) is 0 Å². The first-order valence-electron chi connectivity index (χ1n) is 8.14. The molecule has 0 unspecified atom stereocenters. The Morgan fingerprint density at radius 3 is 2.67 bits per heavy atom. The Labute approximate surface area is 158 Å². The number of hydrogen-bond donors (Lipinski definition) is 1. The van der Waals surface area contributed by atoms with E-state index in [0.717, 1.165) is 20.2 Å². The first-order chi connectivity index (χ1) is 12.9. The molecule has 0 aliphatic carbocycles. The molecule has 0 atom stereocenters. The number of benzene rings is 1. The van der Waals surface area contributed by atoms with Crippen molar-refractivity contribution in [3.05, 3.63) is 63.3 Å². The highest BCUT2D eigenvalue weighted by Gasteiger charge is 2.21. The zero-order chi connectivity index (χ0) is 19.7. The summed E-state index contributed by atoms with van der Waals surface area (Å²) >= 11 is 1.21. The fourth-order valence-electron chi connectivity index (χ4n) is 2.79. The number of nitrogen functional groups attached to an aromatic ring is 1. The second-order valence-corrected chi connectivity index (χ2v) is 6.90. The third-order valence-corrected chi connectivity index (χ3v) is 5.23. The molecule has 9 heteroatoms. The highest BCUT2D eigenvalue weighted by Crippen LogP contribution is 2.25. The predicted molar refractivity (Wildman–Crippen MR) is 106 cm³/mol. The van der Waals surface area contributed by atoms with Gasteiger partial charge in [-0.2, -0.15) is 0 Å². The van der Waals surface area contributed by atoms with Gasteiger partial charge in [-0.3, -0.25) is 18.7 Å². The Bertz CT molecular complexity index is 1170. The van der Waals surface area contributed by atoms with Crippen LogP contribution in [0.1, 0.15) is 10.4 Å². The smallest absolute Gasteiger partial charge is 0.332 e. The van der Waals surface area contributed by atoms with Crippen LogP contribution in [0.15, 0.2) is 51.7 Å². The first kappa shape index (κ1) is 18.7. The van der Waals surface area contributed by atoms with Gasteiger partial charge < -0.3 is 10.3 Å². The Morgan fingerprint density at radius 1 is 1.26 bits per heavy atom. The van der Waals surface area contributed by atoms with Crippen LogP contribution in [0.2, 0.25) is 0 Å². The number of ketones is 1. The minimum Gasteiger partial charge on any atom is -0.384 e. The molecule has 0 saturated carbocycles. The van der Waals surface area contributed by atoms with Crippen LogP contribution in [-0.2, 0) is 20.6 Å². The molecule has 0 aliphatic heterocycles. The molecule has 3 aromatic rings. The van der Waals surface area contributed by atoms with Gasteiger partial charge in [-0.15, -0.1) is 6.58 Å². The number of Topliss-reactive ketones (excluding diaryl/α,β-unsaturated/α-hetero) is 1. The maximum Gasteiger partial charge on any atom is 0.332 e. The molecule has 0 amide bonds. The van der Waals surface area contributed by atoms with Crippen LogP contribution in [0.3, 0.4) is 0 Å². The molecule has 140 valence electrons. The van der Waals surface area contributed by atoms with Crippen molar-refractivity contribution in [3.63, 3.8) is 0 Å². The lowest BCUT2D eigenvalue weighted by atomic mass is 10.2. The molecule has 2 N–H and O–H groups in total. The van der Waals surface area contributed by atoms with Gasteiger partial charge >= 0.3 is 5.69 Å². The second kappa shape index (κ2) is 7.28. The van der Waals surface area contributed by atoms with Crippen LogP contribution >= 0.6 is 11.8 Å². The van der Waals surface area contributed by atoms with Crippen molar-refractivity contribution >= 4 is 34.4 Å². The maximum atomic E-state index is 12.7. The molecule has 2 heterocycles. The number of aromatic nitrogens is 4. The summed E-state index contributed by atoms with van der Waals surface area (Å²) in [7, 11) is 2.74. The summed E-state index contributed by atoms with van der Waals surface area (Å²) in [4.78, 5) is 41.4. The van der Waals surface area contributed by atoms with Crippen LogP contribution in [0.4, 0.5) is 5.82 Å². The molecule has 0 radical (unpaired) electrons. The topological polar surface area (TPSA) is 105 Å². The molecule has 2 aromatic heterocycles. The molecular formula is C18H19N5O3S. The summed E-state index contributed by atoms with van der Waals surface area (Å²) in [5.74, 6) is -0.614. The number of anilines is 1. The van der Waals surface area contributed by atoms with Gasteiger partial charge in [-0.05, 0) is 12.1 Å². The molecule has 8 nitrogen and oxygen atoms in total. The van der Waals surface area contributed by atoms with E-state index in [0.29, 0.717) is 11.7 Å².